The largest absolute Gasteiger partial charge is 0.444 e. The number of benzene rings is 1. The van der Waals surface area contributed by atoms with E-state index in [2.05, 4.69) is 15.3 Å². The van der Waals surface area contributed by atoms with Crippen molar-refractivity contribution in [3.63, 3.8) is 0 Å². The minimum atomic E-state index is -0.533. The van der Waals surface area contributed by atoms with Crippen LogP contribution in [0.15, 0.2) is 29.4 Å². The molecule has 18 heavy (non-hydrogen) atoms. The SMILES string of the molecule is CC(C)(C)OC(=O)NCc1ccccc1N=[N+]=[N-]. The molecule has 0 aliphatic rings. The number of azide groups is 1. The van der Waals surface area contributed by atoms with Gasteiger partial charge in [-0.3, -0.25) is 0 Å². The molecule has 1 aromatic rings. The van der Waals surface area contributed by atoms with E-state index in [9.17, 15) is 4.79 Å². The zero-order valence-electron chi connectivity index (χ0n) is 10.7. The van der Waals surface area contributed by atoms with E-state index in [0.29, 0.717) is 5.69 Å². The summed E-state index contributed by atoms with van der Waals surface area (Å²) in [7, 11) is 0. The Kier molecular flexibility index (Phi) is 4.57. The molecule has 0 saturated carbocycles. The van der Waals surface area contributed by atoms with Crippen LogP contribution in [-0.2, 0) is 11.3 Å². The van der Waals surface area contributed by atoms with E-state index in [-0.39, 0.29) is 6.54 Å². The minimum absolute atomic E-state index is 0.254. The van der Waals surface area contributed by atoms with Crippen LogP contribution in [0, 0.1) is 0 Å². The van der Waals surface area contributed by atoms with Crippen LogP contribution in [0.1, 0.15) is 26.3 Å². The molecule has 0 unspecified atom stereocenters. The first-order chi connectivity index (χ1) is 8.42. The predicted octanol–water partition coefficient (Wildman–Crippen LogP) is 3.65. The average Bonchev–Trinajstić information content (AvgIpc) is 2.26. The van der Waals surface area contributed by atoms with Gasteiger partial charge in [0.1, 0.15) is 5.60 Å². The van der Waals surface area contributed by atoms with Gasteiger partial charge in [0.15, 0.2) is 0 Å². The second-order valence-electron chi connectivity index (χ2n) is 4.67. The summed E-state index contributed by atoms with van der Waals surface area (Å²) in [6.45, 7) is 5.63. The number of ether oxygens (including phenoxy) is 1. The van der Waals surface area contributed by atoms with Gasteiger partial charge >= 0.3 is 6.09 Å². The molecule has 6 heteroatoms. The number of alkyl carbamates (subject to hydrolysis) is 1. The van der Waals surface area contributed by atoms with Gasteiger partial charge in [-0.15, -0.1) is 0 Å². The van der Waals surface area contributed by atoms with E-state index in [0.717, 1.165) is 5.56 Å². The molecule has 0 bridgehead atoms. The second-order valence-corrected chi connectivity index (χ2v) is 4.67. The van der Waals surface area contributed by atoms with Crippen LogP contribution in [0.25, 0.3) is 10.4 Å². The molecule has 0 spiro atoms. The van der Waals surface area contributed by atoms with Gasteiger partial charge in [0, 0.05) is 17.1 Å². The third-order valence-electron chi connectivity index (χ3n) is 1.97. The van der Waals surface area contributed by atoms with Crippen molar-refractivity contribution in [3.05, 3.63) is 40.3 Å². The van der Waals surface area contributed by atoms with Crippen LogP contribution in [0.2, 0.25) is 0 Å². The Morgan fingerprint density at radius 1 is 1.44 bits per heavy atom. The van der Waals surface area contributed by atoms with Crippen LogP contribution in [0.3, 0.4) is 0 Å². The van der Waals surface area contributed by atoms with Crippen LogP contribution >= 0.6 is 0 Å². The summed E-state index contributed by atoms with van der Waals surface area (Å²) >= 11 is 0. The highest BCUT2D eigenvalue weighted by atomic mass is 16.6. The summed E-state index contributed by atoms with van der Waals surface area (Å²) < 4.78 is 5.11. The zero-order chi connectivity index (χ0) is 13.6. The number of carbonyl (C=O) groups is 1. The molecule has 1 aromatic carbocycles. The standard InChI is InChI=1S/C12H16N4O2/c1-12(2,3)18-11(17)14-8-9-6-4-5-7-10(9)15-16-13/h4-7H,8H2,1-3H3,(H,14,17). The molecule has 0 aliphatic carbocycles. The number of hydrogen-bond acceptors (Lipinski definition) is 3. The highest BCUT2D eigenvalue weighted by molar-refractivity contribution is 5.68. The first-order valence-electron chi connectivity index (χ1n) is 5.52. The fourth-order valence-corrected chi connectivity index (χ4v) is 1.29. The molecule has 0 saturated heterocycles. The molecular formula is C12H16N4O2. The number of hydrogen-bond donors (Lipinski definition) is 1. The summed E-state index contributed by atoms with van der Waals surface area (Å²) in [5.41, 5.74) is 9.12. The molecule has 0 heterocycles. The lowest BCUT2D eigenvalue weighted by atomic mass is 10.2. The number of amides is 1. The van der Waals surface area contributed by atoms with Gasteiger partial charge in [-0.05, 0) is 31.9 Å². The molecule has 0 aliphatic heterocycles. The van der Waals surface area contributed by atoms with Gasteiger partial charge in [0.25, 0.3) is 0 Å². The second kappa shape index (κ2) is 5.93. The predicted molar refractivity (Wildman–Crippen MR) is 68.3 cm³/mol. The van der Waals surface area contributed by atoms with Gasteiger partial charge in [0.2, 0.25) is 0 Å². The van der Waals surface area contributed by atoms with E-state index in [1.54, 1.807) is 39.0 Å². The van der Waals surface area contributed by atoms with Crippen molar-refractivity contribution in [1.29, 1.82) is 0 Å². The molecule has 0 aromatic heterocycles. The van der Waals surface area contributed by atoms with Crippen molar-refractivity contribution in [2.45, 2.75) is 32.9 Å². The summed E-state index contributed by atoms with van der Waals surface area (Å²) in [6.07, 6.45) is -0.502. The van der Waals surface area contributed by atoms with Crippen molar-refractivity contribution in [2.24, 2.45) is 5.11 Å². The van der Waals surface area contributed by atoms with Gasteiger partial charge in [-0.1, -0.05) is 29.4 Å². The van der Waals surface area contributed by atoms with E-state index in [4.69, 9.17) is 10.3 Å². The van der Waals surface area contributed by atoms with Gasteiger partial charge in [-0.2, -0.15) is 0 Å². The third-order valence-corrected chi connectivity index (χ3v) is 1.97. The Balaban J connectivity index is 2.64. The molecule has 0 radical (unpaired) electrons. The van der Waals surface area contributed by atoms with Crippen molar-refractivity contribution >= 4 is 11.8 Å². The van der Waals surface area contributed by atoms with Gasteiger partial charge in [0.05, 0.1) is 0 Å². The van der Waals surface area contributed by atoms with Crippen LogP contribution < -0.4 is 5.32 Å². The van der Waals surface area contributed by atoms with E-state index in [1.165, 1.54) is 0 Å². The maximum atomic E-state index is 11.5. The molecule has 0 atom stereocenters. The van der Waals surface area contributed by atoms with Gasteiger partial charge < -0.3 is 10.1 Å². The highest BCUT2D eigenvalue weighted by Gasteiger charge is 2.15. The smallest absolute Gasteiger partial charge is 0.407 e. The molecule has 0 fully saturated rings. The Bertz CT molecular complexity index is 473. The molecule has 6 nitrogen and oxygen atoms in total. The Labute approximate surface area is 106 Å². The van der Waals surface area contributed by atoms with Crippen molar-refractivity contribution in [1.82, 2.24) is 5.32 Å². The zero-order valence-corrected chi connectivity index (χ0v) is 10.7. The topological polar surface area (TPSA) is 87.1 Å². The number of carbonyl (C=O) groups excluding carboxylic acids is 1. The van der Waals surface area contributed by atoms with Crippen molar-refractivity contribution in [3.8, 4) is 0 Å². The summed E-state index contributed by atoms with van der Waals surface area (Å²) in [6, 6.07) is 7.04. The molecule has 1 amide bonds. The average molecular weight is 248 g/mol. The first-order valence-corrected chi connectivity index (χ1v) is 5.52. The molecule has 96 valence electrons. The summed E-state index contributed by atoms with van der Waals surface area (Å²) in [4.78, 5) is 14.2. The lowest BCUT2D eigenvalue weighted by Crippen LogP contribution is -2.32. The fourth-order valence-electron chi connectivity index (χ4n) is 1.29. The molecular weight excluding hydrogens is 232 g/mol. The highest BCUT2D eigenvalue weighted by Crippen LogP contribution is 2.18. The number of nitrogens with zero attached hydrogens (tertiary/aromatic N) is 3. The van der Waals surface area contributed by atoms with E-state index in [1.807, 2.05) is 6.07 Å². The number of nitrogens with one attached hydrogen (secondary N) is 1. The summed E-state index contributed by atoms with van der Waals surface area (Å²) in [5, 5.41) is 6.16. The van der Waals surface area contributed by atoms with Crippen LogP contribution in [-0.4, -0.2) is 11.7 Å². The maximum absolute atomic E-state index is 11.5. The van der Waals surface area contributed by atoms with Crippen LogP contribution in [0.4, 0.5) is 10.5 Å². The Morgan fingerprint density at radius 2 is 2.11 bits per heavy atom. The van der Waals surface area contributed by atoms with Crippen molar-refractivity contribution < 1.29 is 9.53 Å². The molecule has 1 N–H and O–H groups in total. The van der Waals surface area contributed by atoms with Gasteiger partial charge in [-0.25, -0.2) is 4.79 Å². The Morgan fingerprint density at radius 3 is 2.72 bits per heavy atom. The lowest BCUT2D eigenvalue weighted by Gasteiger charge is -2.19. The summed E-state index contributed by atoms with van der Waals surface area (Å²) in [5.74, 6) is 0. The van der Waals surface area contributed by atoms with E-state index >= 15 is 0 Å². The quantitative estimate of drug-likeness (QED) is 0.502. The van der Waals surface area contributed by atoms with Crippen LogP contribution in [0.5, 0.6) is 0 Å². The third kappa shape index (κ3) is 4.76. The number of rotatable bonds is 3. The molecule has 1 rings (SSSR count). The first kappa shape index (κ1) is 13.9. The maximum Gasteiger partial charge on any atom is 0.407 e. The monoisotopic (exact) mass is 248 g/mol. The normalized spacial score (nSPS) is 10.4. The fraction of sp³-hybridized carbons (Fsp3) is 0.417. The Hall–Kier alpha value is -2.20. The lowest BCUT2D eigenvalue weighted by molar-refractivity contribution is 0.0523. The minimum Gasteiger partial charge on any atom is -0.444 e. The van der Waals surface area contributed by atoms with Crippen molar-refractivity contribution in [2.75, 3.05) is 0 Å². The van der Waals surface area contributed by atoms with E-state index < -0.39 is 11.7 Å².